The molecule has 0 aliphatic heterocycles. The fourth-order valence-electron chi connectivity index (χ4n) is 1.51. The molecule has 1 aromatic carbocycles. The fraction of sp³-hybridized carbons (Fsp3) is 0.500. The SMILES string of the molecule is CCC(C)(CC)Nc1ccc(F)cc1[N+](=O)[O-]. The van der Waals surface area contributed by atoms with Crippen molar-refractivity contribution in [1.29, 1.82) is 0 Å². The lowest BCUT2D eigenvalue weighted by molar-refractivity contribution is -0.384. The van der Waals surface area contributed by atoms with Crippen molar-refractivity contribution in [2.75, 3.05) is 5.32 Å². The van der Waals surface area contributed by atoms with Crippen molar-refractivity contribution in [3.8, 4) is 0 Å². The van der Waals surface area contributed by atoms with Gasteiger partial charge in [0.05, 0.1) is 11.0 Å². The molecule has 0 atom stereocenters. The third-order valence-corrected chi connectivity index (χ3v) is 3.15. The maximum Gasteiger partial charge on any atom is 0.295 e. The highest BCUT2D eigenvalue weighted by Crippen LogP contribution is 2.30. The number of benzene rings is 1. The van der Waals surface area contributed by atoms with Gasteiger partial charge in [0.1, 0.15) is 11.5 Å². The lowest BCUT2D eigenvalue weighted by Crippen LogP contribution is -2.33. The summed E-state index contributed by atoms with van der Waals surface area (Å²) in [5, 5.41) is 14.0. The van der Waals surface area contributed by atoms with Crippen LogP contribution in [0.3, 0.4) is 0 Å². The van der Waals surface area contributed by atoms with Crippen molar-refractivity contribution in [1.82, 2.24) is 0 Å². The predicted octanol–water partition coefficient (Wildman–Crippen LogP) is 3.72. The molecule has 0 amide bonds. The number of nitrogens with one attached hydrogen (secondary N) is 1. The molecule has 1 aromatic rings. The van der Waals surface area contributed by atoms with E-state index >= 15 is 0 Å². The van der Waals surface area contributed by atoms with E-state index in [0.29, 0.717) is 5.69 Å². The summed E-state index contributed by atoms with van der Waals surface area (Å²) in [7, 11) is 0. The molecule has 0 fully saturated rings. The monoisotopic (exact) mass is 240 g/mol. The summed E-state index contributed by atoms with van der Waals surface area (Å²) in [6.07, 6.45) is 1.66. The zero-order chi connectivity index (χ0) is 13.1. The van der Waals surface area contributed by atoms with Crippen molar-refractivity contribution in [2.24, 2.45) is 0 Å². The quantitative estimate of drug-likeness (QED) is 0.630. The molecule has 0 aliphatic carbocycles. The number of hydrogen-bond acceptors (Lipinski definition) is 3. The third kappa shape index (κ3) is 3.15. The lowest BCUT2D eigenvalue weighted by atomic mass is 9.95. The Morgan fingerprint density at radius 2 is 2.00 bits per heavy atom. The largest absolute Gasteiger partial charge is 0.374 e. The van der Waals surface area contributed by atoms with E-state index in [2.05, 4.69) is 5.32 Å². The summed E-state index contributed by atoms with van der Waals surface area (Å²) in [6, 6.07) is 3.58. The molecule has 94 valence electrons. The lowest BCUT2D eigenvalue weighted by Gasteiger charge is -2.29. The molecule has 0 aromatic heterocycles. The average molecular weight is 240 g/mol. The van der Waals surface area contributed by atoms with Gasteiger partial charge in [-0.15, -0.1) is 0 Å². The molecule has 0 bridgehead atoms. The van der Waals surface area contributed by atoms with Gasteiger partial charge in [-0.2, -0.15) is 0 Å². The van der Waals surface area contributed by atoms with Gasteiger partial charge >= 0.3 is 0 Å². The van der Waals surface area contributed by atoms with Gasteiger partial charge in [0, 0.05) is 5.54 Å². The van der Waals surface area contributed by atoms with Crippen LogP contribution in [0.5, 0.6) is 0 Å². The Labute approximate surface area is 100.0 Å². The first kappa shape index (κ1) is 13.4. The van der Waals surface area contributed by atoms with Crippen LogP contribution < -0.4 is 5.32 Å². The van der Waals surface area contributed by atoms with Gasteiger partial charge in [0.2, 0.25) is 0 Å². The van der Waals surface area contributed by atoms with E-state index in [4.69, 9.17) is 0 Å². The van der Waals surface area contributed by atoms with Crippen LogP contribution in [0.2, 0.25) is 0 Å². The van der Waals surface area contributed by atoms with Crippen LogP contribution in [0.4, 0.5) is 15.8 Å². The van der Waals surface area contributed by atoms with E-state index < -0.39 is 10.7 Å². The summed E-state index contributed by atoms with van der Waals surface area (Å²) in [4.78, 5) is 10.3. The molecule has 17 heavy (non-hydrogen) atoms. The van der Waals surface area contributed by atoms with E-state index in [0.717, 1.165) is 18.9 Å². The van der Waals surface area contributed by atoms with Crippen LogP contribution in [0, 0.1) is 15.9 Å². The Bertz CT molecular complexity index is 417. The summed E-state index contributed by atoms with van der Waals surface area (Å²) in [6.45, 7) is 6.00. The van der Waals surface area contributed by atoms with Crippen molar-refractivity contribution in [3.63, 3.8) is 0 Å². The first-order valence-electron chi connectivity index (χ1n) is 5.64. The van der Waals surface area contributed by atoms with Gasteiger partial charge in [-0.25, -0.2) is 4.39 Å². The number of hydrogen-bond donors (Lipinski definition) is 1. The van der Waals surface area contributed by atoms with E-state index in [9.17, 15) is 14.5 Å². The van der Waals surface area contributed by atoms with Crippen molar-refractivity contribution in [3.05, 3.63) is 34.1 Å². The van der Waals surface area contributed by atoms with E-state index in [1.54, 1.807) is 0 Å². The number of nitro benzene ring substituents is 1. The van der Waals surface area contributed by atoms with Crippen LogP contribution in [-0.2, 0) is 0 Å². The van der Waals surface area contributed by atoms with E-state index in [-0.39, 0.29) is 11.2 Å². The van der Waals surface area contributed by atoms with Gasteiger partial charge in [-0.1, -0.05) is 13.8 Å². The van der Waals surface area contributed by atoms with Crippen LogP contribution in [0.25, 0.3) is 0 Å². The normalized spacial score (nSPS) is 11.3. The molecule has 0 unspecified atom stereocenters. The Morgan fingerprint density at radius 1 is 1.41 bits per heavy atom. The molecule has 0 saturated carbocycles. The second-order valence-corrected chi connectivity index (χ2v) is 4.31. The van der Waals surface area contributed by atoms with E-state index in [1.807, 2.05) is 20.8 Å². The predicted molar refractivity (Wildman–Crippen MR) is 65.7 cm³/mol. The summed E-state index contributed by atoms with van der Waals surface area (Å²) in [5.41, 5.74) is -0.0801. The molecule has 0 saturated heterocycles. The molecule has 1 rings (SSSR count). The Hall–Kier alpha value is -1.65. The summed E-state index contributed by atoms with van der Waals surface area (Å²) < 4.78 is 13.0. The van der Waals surface area contributed by atoms with Gasteiger partial charge in [0.25, 0.3) is 5.69 Å². The first-order valence-corrected chi connectivity index (χ1v) is 5.64. The fourth-order valence-corrected chi connectivity index (χ4v) is 1.51. The number of halogens is 1. The van der Waals surface area contributed by atoms with Gasteiger partial charge in [0.15, 0.2) is 0 Å². The minimum absolute atomic E-state index is 0.220. The number of rotatable bonds is 5. The van der Waals surface area contributed by atoms with E-state index in [1.165, 1.54) is 12.1 Å². The molecule has 0 radical (unpaired) electrons. The smallest absolute Gasteiger partial charge is 0.295 e. The summed E-state index contributed by atoms with van der Waals surface area (Å²) in [5.74, 6) is -0.600. The highest BCUT2D eigenvalue weighted by molar-refractivity contribution is 5.62. The maximum absolute atomic E-state index is 13.0. The maximum atomic E-state index is 13.0. The van der Waals surface area contributed by atoms with Crippen molar-refractivity contribution < 1.29 is 9.31 Å². The Morgan fingerprint density at radius 3 is 2.47 bits per heavy atom. The molecule has 0 aliphatic rings. The molecule has 4 nitrogen and oxygen atoms in total. The second-order valence-electron chi connectivity index (χ2n) is 4.31. The van der Waals surface area contributed by atoms with Crippen molar-refractivity contribution >= 4 is 11.4 Å². The topological polar surface area (TPSA) is 55.2 Å². The van der Waals surface area contributed by atoms with Crippen LogP contribution in [-0.4, -0.2) is 10.5 Å². The number of anilines is 1. The zero-order valence-corrected chi connectivity index (χ0v) is 10.3. The van der Waals surface area contributed by atoms with Crippen LogP contribution in [0.1, 0.15) is 33.6 Å². The standard InChI is InChI=1S/C12H17FN2O2/c1-4-12(3,5-2)14-10-7-6-9(13)8-11(10)15(16)17/h6-8,14H,4-5H2,1-3H3. The molecule has 0 spiro atoms. The molecule has 0 heterocycles. The molecule has 1 N–H and O–H groups in total. The minimum atomic E-state index is -0.600. The zero-order valence-electron chi connectivity index (χ0n) is 10.3. The summed E-state index contributed by atoms with van der Waals surface area (Å²) >= 11 is 0. The highest BCUT2D eigenvalue weighted by Gasteiger charge is 2.23. The second kappa shape index (κ2) is 5.12. The minimum Gasteiger partial charge on any atom is -0.374 e. The Balaban J connectivity index is 3.10. The molecular formula is C12H17FN2O2. The third-order valence-electron chi connectivity index (χ3n) is 3.15. The number of nitrogens with zero attached hydrogens (tertiary/aromatic N) is 1. The average Bonchev–Trinajstić information content (AvgIpc) is 2.31. The first-order chi connectivity index (χ1) is 7.91. The highest BCUT2D eigenvalue weighted by atomic mass is 19.1. The number of nitro groups is 1. The van der Waals surface area contributed by atoms with Crippen LogP contribution >= 0.6 is 0 Å². The Kier molecular flexibility index (Phi) is 4.04. The molecule has 5 heteroatoms. The van der Waals surface area contributed by atoms with Gasteiger partial charge in [-0.3, -0.25) is 10.1 Å². The van der Waals surface area contributed by atoms with Gasteiger partial charge in [-0.05, 0) is 31.9 Å². The molecular weight excluding hydrogens is 223 g/mol. The van der Waals surface area contributed by atoms with Gasteiger partial charge < -0.3 is 5.32 Å². The van der Waals surface area contributed by atoms with Crippen molar-refractivity contribution in [2.45, 2.75) is 39.2 Å². The van der Waals surface area contributed by atoms with Crippen LogP contribution in [0.15, 0.2) is 18.2 Å².